The molecule has 3 aromatic rings. The molecular formula is C30H37NO4Si. The highest BCUT2D eigenvalue weighted by Gasteiger charge is 2.50. The Kier molecular flexibility index (Phi) is 7.86. The van der Waals surface area contributed by atoms with Crippen molar-refractivity contribution in [1.29, 1.82) is 0 Å². The summed E-state index contributed by atoms with van der Waals surface area (Å²) in [6.45, 7) is 9.90. The van der Waals surface area contributed by atoms with Gasteiger partial charge in [-0.2, -0.15) is 0 Å². The third-order valence-electron chi connectivity index (χ3n) is 7.17. The van der Waals surface area contributed by atoms with Crippen LogP contribution in [0.2, 0.25) is 5.04 Å². The van der Waals surface area contributed by atoms with Crippen molar-refractivity contribution in [3.05, 3.63) is 90.5 Å². The Hall–Kier alpha value is -3.09. The molecule has 1 heterocycles. The van der Waals surface area contributed by atoms with E-state index in [0.717, 1.165) is 11.3 Å². The number of methoxy groups -OCH3 is 1. The molecule has 190 valence electrons. The van der Waals surface area contributed by atoms with Crippen molar-refractivity contribution in [3.63, 3.8) is 0 Å². The number of nitrogens with zero attached hydrogens (tertiary/aromatic N) is 1. The molecule has 1 aliphatic rings. The van der Waals surface area contributed by atoms with Gasteiger partial charge in [-0.05, 0) is 40.0 Å². The second kappa shape index (κ2) is 10.9. The standard InChI is InChI=1S/C30H37NO4Si/c1-23-28(35-29(32)31(23)22-24-16-18-25(33-5)19-17-24)20-21-34-36(30(2,3)4,26-12-8-6-9-13-26)27-14-10-7-11-15-27/h6-19,23,28H,20-22H2,1-5H3/t23-,28?/m0/s1. The van der Waals surface area contributed by atoms with Gasteiger partial charge < -0.3 is 13.9 Å². The Labute approximate surface area is 216 Å². The quantitative estimate of drug-likeness (QED) is 0.368. The first-order valence-corrected chi connectivity index (χ1v) is 14.5. The first-order chi connectivity index (χ1) is 17.3. The monoisotopic (exact) mass is 503 g/mol. The van der Waals surface area contributed by atoms with Crippen molar-refractivity contribution in [2.75, 3.05) is 13.7 Å². The Morgan fingerprint density at radius 3 is 1.94 bits per heavy atom. The molecule has 0 radical (unpaired) electrons. The zero-order chi connectivity index (χ0) is 25.8. The van der Waals surface area contributed by atoms with Crippen LogP contribution in [0.3, 0.4) is 0 Å². The number of ether oxygens (including phenoxy) is 2. The van der Waals surface area contributed by atoms with Crippen LogP contribution in [0.5, 0.6) is 5.75 Å². The number of cyclic esters (lactones) is 1. The summed E-state index contributed by atoms with van der Waals surface area (Å²) >= 11 is 0. The van der Waals surface area contributed by atoms with Crippen molar-refractivity contribution < 1.29 is 18.7 Å². The highest BCUT2D eigenvalue weighted by atomic mass is 28.4. The fraction of sp³-hybridized carbons (Fsp3) is 0.367. The summed E-state index contributed by atoms with van der Waals surface area (Å²) < 4.78 is 18.1. The van der Waals surface area contributed by atoms with Gasteiger partial charge in [-0.15, -0.1) is 0 Å². The molecule has 1 saturated heterocycles. The van der Waals surface area contributed by atoms with E-state index in [4.69, 9.17) is 13.9 Å². The lowest BCUT2D eigenvalue weighted by Crippen LogP contribution is -2.66. The van der Waals surface area contributed by atoms with Gasteiger partial charge in [0.05, 0.1) is 13.2 Å². The molecule has 6 heteroatoms. The number of carbonyl (C=O) groups excluding carboxylic acids is 1. The first-order valence-electron chi connectivity index (χ1n) is 12.6. The molecule has 4 rings (SSSR count). The number of hydrogen-bond acceptors (Lipinski definition) is 4. The minimum absolute atomic E-state index is 0.0395. The van der Waals surface area contributed by atoms with Crippen LogP contribution < -0.4 is 15.1 Å². The molecule has 0 spiro atoms. The van der Waals surface area contributed by atoms with Crippen LogP contribution in [-0.2, 0) is 15.7 Å². The molecule has 36 heavy (non-hydrogen) atoms. The summed E-state index contributed by atoms with van der Waals surface area (Å²) in [5.41, 5.74) is 1.05. The van der Waals surface area contributed by atoms with Crippen molar-refractivity contribution in [2.45, 2.75) is 57.8 Å². The molecule has 1 unspecified atom stereocenters. The third kappa shape index (κ3) is 5.20. The Bertz CT molecular complexity index is 1090. The number of benzene rings is 3. The lowest BCUT2D eigenvalue weighted by atomic mass is 10.1. The second-order valence-electron chi connectivity index (χ2n) is 10.4. The van der Waals surface area contributed by atoms with Gasteiger partial charge in [0, 0.05) is 19.6 Å². The van der Waals surface area contributed by atoms with E-state index < -0.39 is 8.32 Å². The van der Waals surface area contributed by atoms with Crippen molar-refractivity contribution >= 4 is 24.8 Å². The molecule has 5 nitrogen and oxygen atoms in total. The topological polar surface area (TPSA) is 48.0 Å². The van der Waals surface area contributed by atoms with Gasteiger partial charge in [0.15, 0.2) is 0 Å². The van der Waals surface area contributed by atoms with Crippen LogP contribution in [0.1, 0.15) is 39.7 Å². The highest BCUT2D eigenvalue weighted by Crippen LogP contribution is 2.37. The molecule has 3 aromatic carbocycles. The average Bonchev–Trinajstić information content (AvgIpc) is 3.15. The zero-order valence-electron chi connectivity index (χ0n) is 21.9. The van der Waals surface area contributed by atoms with E-state index in [1.807, 2.05) is 36.4 Å². The summed E-state index contributed by atoms with van der Waals surface area (Å²) in [5, 5.41) is 2.41. The minimum Gasteiger partial charge on any atom is -0.497 e. The van der Waals surface area contributed by atoms with Crippen molar-refractivity contribution in [1.82, 2.24) is 4.90 Å². The van der Waals surface area contributed by atoms with E-state index in [9.17, 15) is 4.79 Å². The normalized spacial score (nSPS) is 18.2. The molecule has 0 bridgehead atoms. The smallest absolute Gasteiger partial charge is 0.410 e. The molecule has 0 saturated carbocycles. The molecular weight excluding hydrogens is 466 g/mol. The van der Waals surface area contributed by atoms with E-state index in [-0.39, 0.29) is 23.3 Å². The number of carbonyl (C=O) groups is 1. The van der Waals surface area contributed by atoms with Crippen LogP contribution in [0, 0.1) is 0 Å². The molecule has 0 N–H and O–H groups in total. The Morgan fingerprint density at radius 1 is 0.889 bits per heavy atom. The molecule has 1 aliphatic heterocycles. The van der Waals surface area contributed by atoms with Crippen molar-refractivity contribution in [2.24, 2.45) is 0 Å². The summed E-state index contributed by atoms with van der Waals surface area (Å²) in [4.78, 5) is 14.5. The molecule has 2 atom stereocenters. The molecule has 0 aliphatic carbocycles. The van der Waals surface area contributed by atoms with E-state index in [0.29, 0.717) is 19.6 Å². The van der Waals surface area contributed by atoms with Crippen molar-refractivity contribution in [3.8, 4) is 5.75 Å². The summed E-state index contributed by atoms with van der Waals surface area (Å²) in [6.07, 6.45) is 0.166. The Balaban J connectivity index is 1.50. The Morgan fingerprint density at radius 2 is 1.44 bits per heavy atom. The lowest BCUT2D eigenvalue weighted by molar-refractivity contribution is 0.113. The molecule has 1 fully saturated rings. The number of rotatable bonds is 9. The van der Waals surface area contributed by atoms with Gasteiger partial charge >= 0.3 is 6.09 Å². The highest BCUT2D eigenvalue weighted by molar-refractivity contribution is 6.99. The maximum Gasteiger partial charge on any atom is 0.410 e. The van der Waals surface area contributed by atoms with Crippen LogP contribution in [-0.4, -0.2) is 45.2 Å². The van der Waals surface area contributed by atoms with Crippen LogP contribution in [0.25, 0.3) is 0 Å². The first kappa shape index (κ1) is 26.0. The minimum atomic E-state index is -2.61. The fourth-order valence-corrected chi connectivity index (χ4v) is 9.77. The van der Waals surface area contributed by atoms with Gasteiger partial charge in [-0.3, -0.25) is 4.90 Å². The lowest BCUT2D eigenvalue weighted by Gasteiger charge is -2.43. The van der Waals surface area contributed by atoms with Gasteiger partial charge in [0.2, 0.25) is 0 Å². The number of hydrogen-bond donors (Lipinski definition) is 0. The largest absolute Gasteiger partial charge is 0.497 e. The molecule has 1 amide bonds. The maximum atomic E-state index is 12.7. The molecule has 0 aromatic heterocycles. The van der Waals surface area contributed by atoms with Gasteiger partial charge in [0.1, 0.15) is 11.9 Å². The maximum absolute atomic E-state index is 12.7. The summed E-state index contributed by atoms with van der Waals surface area (Å²) in [7, 11) is -0.966. The van der Waals surface area contributed by atoms with Gasteiger partial charge in [0.25, 0.3) is 8.32 Å². The number of amides is 1. The fourth-order valence-electron chi connectivity index (χ4n) is 5.19. The zero-order valence-corrected chi connectivity index (χ0v) is 22.9. The predicted molar refractivity (Wildman–Crippen MR) is 146 cm³/mol. The SMILES string of the molecule is COc1ccc(CN2C(=O)OC(CCO[Si](c3ccccc3)(c3ccccc3)C(C)(C)C)[C@@H]2C)cc1. The summed E-state index contributed by atoms with van der Waals surface area (Å²) in [6, 6.07) is 29.0. The van der Waals surface area contributed by atoms with E-state index in [2.05, 4.69) is 76.2 Å². The van der Waals surface area contributed by atoms with E-state index in [1.165, 1.54) is 10.4 Å². The van der Waals surface area contributed by atoms with Crippen LogP contribution in [0.15, 0.2) is 84.9 Å². The predicted octanol–water partition coefficient (Wildman–Crippen LogP) is 5.37. The third-order valence-corrected chi connectivity index (χ3v) is 12.2. The summed E-state index contributed by atoms with van der Waals surface area (Å²) in [5.74, 6) is 0.800. The van der Waals surface area contributed by atoms with E-state index >= 15 is 0 Å². The average molecular weight is 504 g/mol. The van der Waals surface area contributed by atoms with Gasteiger partial charge in [-0.25, -0.2) is 4.79 Å². The second-order valence-corrected chi connectivity index (χ2v) is 14.7. The van der Waals surface area contributed by atoms with E-state index in [1.54, 1.807) is 12.0 Å². The van der Waals surface area contributed by atoms with Crippen LogP contribution in [0.4, 0.5) is 4.79 Å². The van der Waals surface area contributed by atoms with Crippen LogP contribution >= 0.6 is 0 Å². The van der Waals surface area contributed by atoms with Gasteiger partial charge in [-0.1, -0.05) is 93.6 Å².